The highest BCUT2D eigenvalue weighted by atomic mass is 35.5. The smallest absolute Gasteiger partial charge is 0.229 e. The van der Waals surface area contributed by atoms with E-state index in [2.05, 4.69) is 0 Å². The lowest BCUT2D eigenvalue weighted by molar-refractivity contribution is -0.135. The van der Waals surface area contributed by atoms with Crippen molar-refractivity contribution in [2.75, 3.05) is 0 Å². The van der Waals surface area contributed by atoms with Gasteiger partial charge in [0, 0.05) is 11.1 Å². The van der Waals surface area contributed by atoms with Crippen LogP contribution in [0.25, 0.3) is 0 Å². The maximum Gasteiger partial charge on any atom is 0.229 e. The number of hydrogen-bond acceptors (Lipinski definition) is 1. The number of hydrogen-bond donors (Lipinski definition) is 0. The number of benzene rings is 1. The van der Waals surface area contributed by atoms with Gasteiger partial charge in [0.25, 0.3) is 0 Å². The highest BCUT2D eigenvalue weighted by molar-refractivity contribution is 6.52. The van der Waals surface area contributed by atoms with E-state index in [1.54, 1.807) is 0 Å². The fourth-order valence-corrected chi connectivity index (χ4v) is 3.45. The summed E-state index contributed by atoms with van der Waals surface area (Å²) in [4.78, 5) is 14.6. The van der Waals surface area contributed by atoms with E-state index < -0.39 is 4.33 Å². The molecule has 2 nitrogen and oxygen atoms in total. The largest absolute Gasteiger partial charge is 0.333 e. The van der Waals surface area contributed by atoms with Gasteiger partial charge in [0.1, 0.15) is 4.33 Å². The number of nitrogens with zero attached hydrogens (tertiary/aromatic N) is 1. The molecule has 108 valence electrons. The van der Waals surface area contributed by atoms with E-state index >= 15 is 0 Å². The molecule has 5 heteroatoms. The summed E-state index contributed by atoms with van der Waals surface area (Å²) in [5.74, 6) is -0.207. The first kappa shape index (κ1) is 14.5. The number of halogens is 3. The molecule has 2 aliphatic carbocycles. The second kappa shape index (κ2) is 5.08. The van der Waals surface area contributed by atoms with Crippen molar-refractivity contribution in [1.29, 1.82) is 0 Å². The minimum absolute atomic E-state index is 0.0477. The van der Waals surface area contributed by atoms with Crippen molar-refractivity contribution in [3.63, 3.8) is 0 Å². The summed E-state index contributed by atoms with van der Waals surface area (Å²) in [6.07, 6.45) is 2.64. The van der Waals surface area contributed by atoms with Crippen molar-refractivity contribution in [2.45, 2.75) is 42.6 Å². The molecule has 2 aliphatic rings. The summed E-state index contributed by atoms with van der Waals surface area (Å²) < 4.78 is -0.871. The van der Waals surface area contributed by atoms with Crippen LogP contribution in [-0.4, -0.2) is 21.2 Å². The topological polar surface area (TPSA) is 20.3 Å². The van der Waals surface area contributed by atoms with E-state index in [1.165, 1.54) is 0 Å². The lowest BCUT2D eigenvalue weighted by atomic mass is 10.1. The molecule has 1 aromatic rings. The molecule has 0 heterocycles. The van der Waals surface area contributed by atoms with Crippen molar-refractivity contribution < 1.29 is 4.79 Å². The Labute approximate surface area is 134 Å². The number of alkyl halides is 2. The first-order chi connectivity index (χ1) is 9.42. The molecule has 20 heavy (non-hydrogen) atoms. The highest BCUT2D eigenvalue weighted by Crippen LogP contribution is 2.55. The van der Waals surface area contributed by atoms with Crippen LogP contribution in [-0.2, 0) is 4.79 Å². The van der Waals surface area contributed by atoms with E-state index in [9.17, 15) is 4.79 Å². The Kier molecular flexibility index (Phi) is 3.68. The molecule has 2 saturated carbocycles. The molecule has 2 atom stereocenters. The van der Waals surface area contributed by atoms with Crippen LogP contribution in [0.1, 0.15) is 37.8 Å². The average molecular weight is 333 g/mol. The maximum atomic E-state index is 12.6. The quantitative estimate of drug-likeness (QED) is 0.739. The number of amides is 1. The van der Waals surface area contributed by atoms with Crippen molar-refractivity contribution in [3.8, 4) is 0 Å². The normalized spacial score (nSPS) is 25.1. The third-order valence-electron chi connectivity index (χ3n) is 4.09. The highest BCUT2D eigenvalue weighted by Gasteiger charge is 2.59. The molecule has 1 amide bonds. The zero-order chi connectivity index (χ0) is 14.5. The Morgan fingerprint density at radius 1 is 1.35 bits per heavy atom. The summed E-state index contributed by atoms with van der Waals surface area (Å²) in [7, 11) is 0. The molecule has 0 aromatic heterocycles. The summed E-state index contributed by atoms with van der Waals surface area (Å²) in [5, 5.41) is 0.692. The zero-order valence-corrected chi connectivity index (χ0v) is 13.4. The molecule has 0 saturated heterocycles. The van der Waals surface area contributed by atoms with Crippen molar-refractivity contribution in [2.24, 2.45) is 5.92 Å². The molecule has 2 fully saturated rings. The standard InChI is InChI=1S/C15H16Cl3NO/c1-9(11-4-2-3-5-13(11)16)19(10-6-7-10)14(20)12-8-15(12,17)18/h2-5,9-10,12H,6-8H2,1H3. The van der Waals surface area contributed by atoms with Crippen molar-refractivity contribution in [3.05, 3.63) is 34.9 Å². The minimum Gasteiger partial charge on any atom is -0.333 e. The molecule has 0 N–H and O–H groups in total. The van der Waals surface area contributed by atoms with Crippen LogP contribution in [0.4, 0.5) is 0 Å². The predicted molar refractivity (Wildman–Crippen MR) is 82.3 cm³/mol. The number of rotatable bonds is 4. The first-order valence-corrected chi connectivity index (χ1v) is 7.99. The first-order valence-electron chi connectivity index (χ1n) is 6.86. The van der Waals surface area contributed by atoms with E-state index in [0.717, 1.165) is 18.4 Å². The molecule has 3 rings (SSSR count). The molecular formula is C15H16Cl3NO. The zero-order valence-electron chi connectivity index (χ0n) is 11.2. The Hall–Kier alpha value is -0.440. The second-order valence-electron chi connectivity index (χ2n) is 5.69. The van der Waals surface area contributed by atoms with Crippen LogP contribution in [0.15, 0.2) is 24.3 Å². The molecule has 0 aliphatic heterocycles. The average Bonchev–Trinajstić information content (AvgIpc) is 3.28. The Bertz CT molecular complexity index is 542. The van der Waals surface area contributed by atoms with Gasteiger partial charge in [0.05, 0.1) is 12.0 Å². The SMILES string of the molecule is CC(c1ccccc1Cl)N(C(=O)C1CC1(Cl)Cl)C1CC1. The third-order valence-corrected chi connectivity index (χ3v) is 5.27. The molecular weight excluding hydrogens is 317 g/mol. The van der Waals surface area contributed by atoms with E-state index in [1.807, 2.05) is 36.1 Å². The Morgan fingerprint density at radius 2 is 1.95 bits per heavy atom. The molecule has 0 spiro atoms. The lowest BCUT2D eigenvalue weighted by Crippen LogP contribution is -2.37. The van der Waals surface area contributed by atoms with Gasteiger partial charge in [-0.05, 0) is 37.8 Å². The third kappa shape index (κ3) is 2.66. The van der Waals surface area contributed by atoms with Gasteiger partial charge in [-0.3, -0.25) is 4.79 Å². The van der Waals surface area contributed by atoms with Gasteiger partial charge in [-0.15, -0.1) is 23.2 Å². The number of carbonyl (C=O) groups excluding carboxylic acids is 1. The summed E-state index contributed by atoms with van der Waals surface area (Å²) in [6.45, 7) is 2.02. The fourth-order valence-electron chi connectivity index (χ4n) is 2.66. The molecule has 1 aromatic carbocycles. The molecule has 0 bridgehead atoms. The van der Waals surface area contributed by atoms with Crippen LogP contribution >= 0.6 is 34.8 Å². The van der Waals surface area contributed by atoms with E-state index in [-0.39, 0.29) is 17.9 Å². The van der Waals surface area contributed by atoms with E-state index in [4.69, 9.17) is 34.8 Å². The maximum absolute atomic E-state index is 12.6. The van der Waals surface area contributed by atoms with Gasteiger partial charge in [-0.2, -0.15) is 0 Å². The number of carbonyl (C=O) groups is 1. The van der Waals surface area contributed by atoms with Crippen molar-refractivity contribution >= 4 is 40.7 Å². The summed E-state index contributed by atoms with van der Waals surface area (Å²) >= 11 is 18.3. The lowest BCUT2D eigenvalue weighted by Gasteiger charge is -2.30. The Balaban J connectivity index is 1.84. The van der Waals surface area contributed by atoms with Gasteiger partial charge < -0.3 is 4.90 Å². The van der Waals surface area contributed by atoms with Gasteiger partial charge in [-0.25, -0.2) is 0 Å². The van der Waals surface area contributed by atoms with Crippen LogP contribution in [0.3, 0.4) is 0 Å². The van der Waals surface area contributed by atoms with Crippen LogP contribution < -0.4 is 0 Å². The van der Waals surface area contributed by atoms with Gasteiger partial charge in [0.15, 0.2) is 0 Å². The van der Waals surface area contributed by atoms with Crippen molar-refractivity contribution in [1.82, 2.24) is 4.90 Å². The minimum atomic E-state index is -0.871. The van der Waals surface area contributed by atoms with Gasteiger partial charge in [-0.1, -0.05) is 29.8 Å². The monoisotopic (exact) mass is 331 g/mol. The van der Waals surface area contributed by atoms with Crippen LogP contribution in [0, 0.1) is 5.92 Å². The fraction of sp³-hybridized carbons (Fsp3) is 0.533. The van der Waals surface area contributed by atoms with Gasteiger partial charge in [0.2, 0.25) is 5.91 Å². The predicted octanol–water partition coefficient (Wildman–Crippen LogP) is 4.59. The Morgan fingerprint density at radius 3 is 2.45 bits per heavy atom. The summed E-state index contributed by atoms with van der Waals surface area (Å²) in [6, 6.07) is 7.92. The second-order valence-corrected chi connectivity index (χ2v) is 7.64. The van der Waals surface area contributed by atoms with Gasteiger partial charge >= 0.3 is 0 Å². The van der Waals surface area contributed by atoms with Crippen LogP contribution in [0.5, 0.6) is 0 Å². The summed E-state index contributed by atoms with van der Waals surface area (Å²) in [5.41, 5.74) is 0.977. The molecule has 2 unspecified atom stereocenters. The molecule has 0 radical (unpaired) electrons. The van der Waals surface area contributed by atoms with E-state index in [0.29, 0.717) is 17.5 Å². The van der Waals surface area contributed by atoms with Crippen LogP contribution in [0.2, 0.25) is 5.02 Å².